The van der Waals surface area contributed by atoms with Gasteiger partial charge >= 0.3 is 7.60 Å². The van der Waals surface area contributed by atoms with E-state index in [1.54, 1.807) is 0 Å². The first-order valence-electron chi connectivity index (χ1n) is 8.34. The zero-order chi connectivity index (χ0) is 16.6. The Hall–Kier alpha value is -1.15. The van der Waals surface area contributed by atoms with Gasteiger partial charge < -0.3 is 9.05 Å². The lowest BCUT2D eigenvalue weighted by molar-refractivity contribution is 0.141. The summed E-state index contributed by atoms with van der Waals surface area (Å²) in [5, 5.41) is 2.45. The lowest BCUT2D eigenvalue weighted by atomic mass is 10.0. The van der Waals surface area contributed by atoms with Gasteiger partial charge in [-0.1, -0.05) is 42.5 Å². The molecule has 0 radical (unpaired) electrons. The van der Waals surface area contributed by atoms with Crippen molar-refractivity contribution in [2.24, 2.45) is 0 Å². The molecule has 0 saturated heterocycles. The molecule has 3 rings (SSSR count). The summed E-state index contributed by atoms with van der Waals surface area (Å²) >= 11 is 0. The van der Waals surface area contributed by atoms with Gasteiger partial charge in [-0.25, -0.2) is 0 Å². The van der Waals surface area contributed by atoms with Gasteiger partial charge in [-0.05, 0) is 56.4 Å². The highest BCUT2D eigenvalue weighted by Gasteiger charge is 2.54. The van der Waals surface area contributed by atoms with Crippen LogP contribution in [0.15, 0.2) is 42.5 Å². The molecule has 3 nitrogen and oxygen atoms in total. The Kier molecular flexibility index (Phi) is 4.64. The molecule has 0 spiro atoms. The standard InChI is InChI=1S/C19H25O3P/c1-13(2)21-23(20,22-14(3)4)19-12-18(19)17-10-9-15-7-5-6-8-16(15)11-17/h5-11,13-14,18-19H,12H2,1-4H3/t18-,19+/m1/s1. The lowest BCUT2D eigenvalue weighted by Crippen LogP contribution is -2.11. The first-order valence-corrected chi connectivity index (χ1v) is 9.95. The number of hydrogen-bond donors (Lipinski definition) is 0. The van der Waals surface area contributed by atoms with Gasteiger partial charge in [-0.2, -0.15) is 0 Å². The summed E-state index contributed by atoms with van der Waals surface area (Å²) in [6.07, 6.45) is 0.671. The second-order valence-corrected chi connectivity index (χ2v) is 9.03. The van der Waals surface area contributed by atoms with Gasteiger partial charge in [-0.3, -0.25) is 4.57 Å². The van der Waals surface area contributed by atoms with Crippen molar-refractivity contribution in [2.45, 2.75) is 57.9 Å². The lowest BCUT2D eigenvalue weighted by Gasteiger charge is -2.23. The van der Waals surface area contributed by atoms with Crippen LogP contribution in [0.25, 0.3) is 10.8 Å². The number of benzene rings is 2. The third-order valence-corrected chi connectivity index (χ3v) is 6.89. The minimum absolute atomic E-state index is 0.0199. The maximum absolute atomic E-state index is 13.2. The summed E-state index contributed by atoms with van der Waals surface area (Å²) in [7, 11) is -3.07. The second-order valence-electron chi connectivity index (χ2n) is 6.86. The van der Waals surface area contributed by atoms with E-state index in [1.165, 1.54) is 16.3 Å². The topological polar surface area (TPSA) is 35.5 Å². The van der Waals surface area contributed by atoms with Gasteiger partial charge in [0.25, 0.3) is 0 Å². The minimum atomic E-state index is -3.07. The van der Waals surface area contributed by atoms with Crippen LogP contribution in [0.2, 0.25) is 0 Å². The molecule has 1 fully saturated rings. The molecular weight excluding hydrogens is 307 g/mol. The van der Waals surface area contributed by atoms with E-state index in [2.05, 4.69) is 30.3 Å². The normalized spacial score (nSPS) is 21.3. The summed E-state index contributed by atoms with van der Waals surface area (Å²) < 4.78 is 24.7. The molecule has 23 heavy (non-hydrogen) atoms. The van der Waals surface area contributed by atoms with Gasteiger partial charge in [-0.15, -0.1) is 0 Å². The van der Waals surface area contributed by atoms with Crippen LogP contribution in [0, 0.1) is 0 Å². The van der Waals surface area contributed by atoms with Crippen molar-refractivity contribution in [1.82, 2.24) is 0 Å². The van der Waals surface area contributed by atoms with E-state index in [4.69, 9.17) is 9.05 Å². The van der Waals surface area contributed by atoms with Crippen LogP contribution in [0.4, 0.5) is 0 Å². The SMILES string of the molecule is CC(C)OP(=O)(OC(C)C)[C@H]1C[C@@H]1c1ccc2ccccc2c1. The summed E-state index contributed by atoms with van der Waals surface area (Å²) in [5.41, 5.74) is 1.21. The summed E-state index contributed by atoms with van der Waals surface area (Å²) in [5.74, 6) is 0.267. The van der Waals surface area contributed by atoms with Crippen LogP contribution >= 0.6 is 7.60 Å². The van der Waals surface area contributed by atoms with E-state index in [1.807, 2.05) is 39.8 Å². The average molecular weight is 332 g/mol. The van der Waals surface area contributed by atoms with Crippen LogP contribution in [-0.4, -0.2) is 17.9 Å². The maximum Gasteiger partial charge on any atom is 0.334 e. The van der Waals surface area contributed by atoms with Crippen molar-refractivity contribution in [3.05, 3.63) is 48.0 Å². The first-order chi connectivity index (χ1) is 10.9. The molecule has 2 aromatic carbocycles. The van der Waals surface area contributed by atoms with Crippen LogP contribution in [0.3, 0.4) is 0 Å². The second kappa shape index (κ2) is 6.39. The predicted octanol–water partition coefficient (Wildman–Crippen LogP) is 5.74. The molecule has 0 unspecified atom stereocenters. The number of hydrogen-bond acceptors (Lipinski definition) is 3. The number of fused-ring (bicyclic) bond motifs is 1. The van der Waals surface area contributed by atoms with E-state index in [9.17, 15) is 4.57 Å². The number of rotatable bonds is 6. The van der Waals surface area contributed by atoms with Gasteiger partial charge in [0, 0.05) is 0 Å². The fourth-order valence-electron chi connectivity index (χ4n) is 3.10. The zero-order valence-corrected chi connectivity index (χ0v) is 15.1. The van der Waals surface area contributed by atoms with E-state index in [-0.39, 0.29) is 23.8 Å². The Morgan fingerprint density at radius 1 is 0.957 bits per heavy atom. The minimum Gasteiger partial charge on any atom is -0.306 e. The Bertz CT molecular complexity index is 724. The Morgan fingerprint density at radius 3 is 2.17 bits per heavy atom. The van der Waals surface area contributed by atoms with E-state index in [0.717, 1.165) is 6.42 Å². The van der Waals surface area contributed by atoms with Crippen LogP contribution in [0.5, 0.6) is 0 Å². The monoisotopic (exact) mass is 332 g/mol. The van der Waals surface area contributed by atoms with Crippen LogP contribution < -0.4 is 0 Å². The Morgan fingerprint density at radius 2 is 1.57 bits per heavy atom. The molecule has 1 saturated carbocycles. The zero-order valence-electron chi connectivity index (χ0n) is 14.2. The highest BCUT2D eigenvalue weighted by atomic mass is 31.2. The summed E-state index contributed by atoms with van der Waals surface area (Å²) in [4.78, 5) is 0. The molecule has 0 aromatic heterocycles. The fourth-order valence-corrected chi connectivity index (χ4v) is 5.73. The highest BCUT2D eigenvalue weighted by Crippen LogP contribution is 2.69. The van der Waals surface area contributed by atoms with Crippen LogP contribution in [0.1, 0.15) is 45.6 Å². The predicted molar refractivity (Wildman–Crippen MR) is 95.1 cm³/mol. The maximum atomic E-state index is 13.2. The van der Waals surface area contributed by atoms with E-state index < -0.39 is 7.60 Å². The van der Waals surface area contributed by atoms with E-state index >= 15 is 0 Å². The van der Waals surface area contributed by atoms with Crippen molar-refractivity contribution in [2.75, 3.05) is 0 Å². The quantitative estimate of drug-likeness (QED) is 0.633. The molecule has 124 valence electrons. The Balaban J connectivity index is 1.83. The van der Waals surface area contributed by atoms with E-state index in [0.29, 0.717) is 0 Å². The molecule has 0 aliphatic heterocycles. The molecule has 0 bridgehead atoms. The third kappa shape index (κ3) is 3.68. The fraction of sp³-hybridized carbons (Fsp3) is 0.474. The van der Waals surface area contributed by atoms with Gasteiger partial charge in [0.1, 0.15) is 0 Å². The van der Waals surface area contributed by atoms with Crippen molar-refractivity contribution < 1.29 is 13.6 Å². The molecular formula is C19H25O3P. The first kappa shape index (κ1) is 16.7. The van der Waals surface area contributed by atoms with Crippen molar-refractivity contribution in [3.8, 4) is 0 Å². The molecule has 2 aromatic rings. The molecule has 0 heterocycles. The molecule has 2 atom stereocenters. The van der Waals surface area contributed by atoms with Crippen molar-refractivity contribution >= 4 is 18.4 Å². The van der Waals surface area contributed by atoms with Gasteiger partial charge in [0.15, 0.2) is 0 Å². The third-order valence-electron chi connectivity index (χ3n) is 4.08. The van der Waals surface area contributed by atoms with Crippen molar-refractivity contribution in [1.29, 1.82) is 0 Å². The van der Waals surface area contributed by atoms with Gasteiger partial charge in [0.2, 0.25) is 0 Å². The molecule has 0 amide bonds. The largest absolute Gasteiger partial charge is 0.334 e. The average Bonchev–Trinajstić information content (AvgIpc) is 3.26. The molecule has 1 aliphatic rings. The van der Waals surface area contributed by atoms with Crippen molar-refractivity contribution in [3.63, 3.8) is 0 Å². The molecule has 0 N–H and O–H groups in total. The molecule has 1 aliphatic carbocycles. The Labute approximate surface area is 138 Å². The smallest absolute Gasteiger partial charge is 0.306 e. The highest BCUT2D eigenvalue weighted by molar-refractivity contribution is 7.55. The van der Waals surface area contributed by atoms with Crippen LogP contribution in [-0.2, 0) is 13.6 Å². The summed E-state index contributed by atoms with van der Waals surface area (Å²) in [6.45, 7) is 7.63. The summed E-state index contributed by atoms with van der Waals surface area (Å²) in [6, 6.07) is 14.8. The van der Waals surface area contributed by atoms with Gasteiger partial charge in [0.05, 0.1) is 17.9 Å². The molecule has 4 heteroatoms.